The molecule has 0 aliphatic rings. The molecule has 0 saturated heterocycles. The van der Waals surface area contributed by atoms with Crippen LogP contribution in [0.1, 0.15) is 34.6 Å². The summed E-state index contributed by atoms with van der Waals surface area (Å²) in [6.07, 6.45) is -3.24. The number of hydrogen-bond donors (Lipinski definition) is 1. The minimum absolute atomic E-state index is 0.00886. The van der Waals surface area contributed by atoms with Crippen molar-refractivity contribution in [1.29, 1.82) is 0 Å². The molecule has 3 aromatic rings. The van der Waals surface area contributed by atoms with E-state index in [0.29, 0.717) is 29.4 Å². The molecular weight excluding hydrogens is 437 g/mol. The Hall–Kier alpha value is -3.75. The van der Waals surface area contributed by atoms with Crippen LogP contribution >= 0.6 is 0 Å². The summed E-state index contributed by atoms with van der Waals surface area (Å²) in [6.45, 7) is 0.673. The van der Waals surface area contributed by atoms with Gasteiger partial charge in [0.1, 0.15) is 12.4 Å². The molecule has 1 amide bonds. The highest BCUT2D eigenvalue weighted by Crippen LogP contribution is 2.29. The summed E-state index contributed by atoms with van der Waals surface area (Å²) in [5.74, 6) is 0.539. The van der Waals surface area contributed by atoms with Gasteiger partial charge in [-0.3, -0.25) is 9.78 Å². The van der Waals surface area contributed by atoms with E-state index >= 15 is 0 Å². The van der Waals surface area contributed by atoms with Gasteiger partial charge < -0.3 is 19.5 Å². The van der Waals surface area contributed by atoms with Gasteiger partial charge in [0.15, 0.2) is 18.1 Å². The normalized spacial score (nSPS) is 12.0. The Bertz CT molecular complexity index is 1060. The SMILES string of the molecule is COc1cc(C(=O)N[C@H](C)c2ccc(OCC(F)(F)F)cn2)ccc1OCc1ccccc1. The fraction of sp³-hybridized carbons (Fsp3) is 0.250. The first-order chi connectivity index (χ1) is 15.7. The second-order valence-electron chi connectivity index (χ2n) is 7.16. The number of aromatic nitrogens is 1. The lowest BCUT2D eigenvalue weighted by Gasteiger charge is -2.16. The predicted octanol–water partition coefficient (Wildman–Crippen LogP) is 5.10. The number of nitrogens with zero attached hydrogens (tertiary/aromatic N) is 1. The topological polar surface area (TPSA) is 69.7 Å². The number of alkyl halides is 3. The highest BCUT2D eigenvalue weighted by molar-refractivity contribution is 5.95. The van der Waals surface area contributed by atoms with Crippen molar-refractivity contribution in [1.82, 2.24) is 10.3 Å². The van der Waals surface area contributed by atoms with Crippen molar-refractivity contribution in [2.45, 2.75) is 25.7 Å². The summed E-state index contributed by atoms with van der Waals surface area (Å²) in [4.78, 5) is 16.8. The van der Waals surface area contributed by atoms with Crippen molar-refractivity contribution in [3.8, 4) is 17.2 Å². The van der Waals surface area contributed by atoms with Crippen LogP contribution in [0.25, 0.3) is 0 Å². The van der Waals surface area contributed by atoms with Crippen LogP contribution in [0.15, 0.2) is 66.9 Å². The van der Waals surface area contributed by atoms with E-state index in [2.05, 4.69) is 15.0 Å². The van der Waals surface area contributed by atoms with Gasteiger partial charge in [-0.05, 0) is 42.8 Å². The zero-order valence-electron chi connectivity index (χ0n) is 18.1. The number of carbonyl (C=O) groups is 1. The van der Waals surface area contributed by atoms with Crippen LogP contribution in [0.5, 0.6) is 17.2 Å². The largest absolute Gasteiger partial charge is 0.493 e. The minimum atomic E-state index is -4.43. The number of ether oxygens (including phenoxy) is 3. The van der Waals surface area contributed by atoms with Gasteiger partial charge in [-0.1, -0.05) is 30.3 Å². The Labute approximate surface area is 189 Å². The standard InChI is InChI=1S/C24H23F3N2O4/c1-16(20-10-9-19(13-28-20)33-15-24(25,26)27)29-23(30)18-8-11-21(22(12-18)31-2)32-14-17-6-4-3-5-7-17/h3-13,16H,14-15H2,1-2H3,(H,29,30)/t16-/m1/s1. The van der Waals surface area contributed by atoms with Gasteiger partial charge in [-0.15, -0.1) is 0 Å². The third kappa shape index (κ3) is 7.13. The molecule has 2 aromatic carbocycles. The molecule has 0 saturated carbocycles. The molecule has 0 spiro atoms. The molecule has 3 rings (SSSR count). The van der Waals surface area contributed by atoms with Crippen LogP contribution in [0.3, 0.4) is 0 Å². The second-order valence-corrected chi connectivity index (χ2v) is 7.16. The van der Waals surface area contributed by atoms with Crippen LogP contribution in [-0.2, 0) is 6.61 Å². The quantitative estimate of drug-likeness (QED) is 0.481. The molecule has 1 N–H and O–H groups in total. The number of pyridine rings is 1. The van der Waals surface area contributed by atoms with Crippen molar-refractivity contribution in [3.63, 3.8) is 0 Å². The first kappa shape index (κ1) is 23.9. The monoisotopic (exact) mass is 460 g/mol. The van der Waals surface area contributed by atoms with Gasteiger partial charge in [0.05, 0.1) is 25.0 Å². The molecule has 1 heterocycles. The van der Waals surface area contributed by atoms with Crippen LogP contribution in [0.4, 0.5) is 13.2 Å². The maximum atomic E-state index is 12.7. The number of hydrogen-bond acceptors (Lipinski definition) is 5. The average Bonchev–Trinajstić information content (AvgIpc) is 2.81. The summed E-state index contributed by atoms with van der Waals surface area (Å²) in [5, 5.41) is 2.80. The smallest absolute Gasteiger partial charge is 0.422 e. The first-order valence-electron chi connectivity index (χ1n) is 10.1. The number of rotatable bonds is 9. The van der Waals surface area contributed by atoms with Crippen LogP contribution < -0.4 is 19.5 Å². The van der Waals surface area contributed by atoms with Gasteiger partial charge in [0, 0.05) is 5.56 Å². The zero-order chi connectivity index (χ0) is 23.8. The average molecular weight is 460 g/mol. The van der Waals surface area contributed by atoms with E-state index in [4.69, 9.17) is 9.47 Å². The van der Waals surface area contributed by atoms with E-state index in [1.807, 2.05) is 30.3 Å². The summed E-state index contributed by atoms with van der Waals surface area (Å²) >= 11 is 0. The van der Waals surface area contributed by atoms with Gasteiger partial charge >= 0.3 is 6.18 Å². The Morgan fingerprint density at radius 2 is 1.79 bits per heavy atom. The lowest BCUT2D eigenvalue weighted by Crippen LogP contribution is -2.27. The van der Waals surface area contributed by atoms with Crippen LogP contribution in [0, 0.1) is 0 Å². The Balaban J connectivity index is 1.61. The molecule has 33 heavy (non-hydrogen) atoms. The maximum absolute atomic E-state index is 12.7. The molecule has 0 fully saturated rings. The number of methoxy groups -OCH3 is 1. The maximum Gasteiger partial charge on any atom is 0.422 e. The van der Waals surface area contributed by atoms with Crippen molar-refractivity contribution in [2.24, 2.45) is 0 Å². The fourth-order valence-corrected chi connectivity index (χ4v) is 2.92. The van der Waals surface area contributed by atoms with Crippen LogP contribution in [0.2, 0.25) is 0 Å². The van der Waals surface area contributed by atoms with E-state index in [-0.39, 0.29) is 11.7 Å². The summed E-state index contributed by atoms with van der Waals surface area (Å²) in [6, 6.07) is 16.9. The summed E-state index contributed by atoms with van der Waals surface area (Å²) < 4.78 is 52.5. The third-order valence-corrected chi connectivity index (χ3v) is 4.62. The number of nitrogens with one attached hydrogen (secondary N) is 1. The van der Waals surface area contributed by atoms with E-state index in [9.17, 15) is 18.0 Å². The summed E-state index contributed by atoms with van der Waals surface area (Å²) in [5.41, 5.74) is 1.82. The number of benzene rings is 2. The lowest BCUT2D eigenvalue weighted by atomic mass is 10.1. The van der Waals surface area contributed by atoms with Gasteiger partial charge in [0.25, 0.3) is 5.91 Å². The predicted molar refractivity (Wildman–Crippen MR) is 115 cm³/mol. The molecule has 0 aliphatic carbocycles. The number of amides is 1. The lowest BCUT2D eigenvalue weighted by molar-refractivity contribution is -0.153. The molecule has 9 heteroatoms. The molecule has 0 unspecified atom stereocenters. The Kier molecular flexibility index (Phi) is 7.76. The van der Waals surface area contributed by atoms with Crippen molar-refractivity contribution < 1.29 is 32.2 Å². The summed E-state index contributed by atoms with van der Waals surface area (Å²) in [7, 11) is 1.49. The highest BCUT2D eigenvalue weighted by atomic mass is 19.4. The van der Waals surface area contributed by atoms with E-state index < -0.39 is 18.8 Å². The van der Waals surface area contributed by atoms with Crippen molar-refractivity contribution in [2.75, 3.05) is 13.7 Å². The molecular formula is C24H23F3N2O4. The van der Waals surface area contributed by atoms with Crippen molar-refractivity contribution >= 4 is 5.91 Å². The van der Waals surface area contributed by atoms with E-state index in [1.165, 1.54) is 25.4 Å². The Morgan fingerprint density at radius 1 is 1.03 bits per heavy atom. The highest BCUT2D eigenvalue weighted by Gasteiger charge is 2.28. The Morgan fingerprint density at radius 3 is 2.42 bits per heavy atom. The molecule has 0 aliphatic heterocycles. The molecule has 174 valence electrons. The molecule has 0 bridgehead atoms. The number of carbonyl (C=O) groups excluding carboxylic acids is 1. The molecule has 0 radical (unpaired) electrons. The van der Waals surface area contributed by atoms with E-state index in [0.717, 1.165) is 5.56 Å². The first-order valence-corrected chi connectivity index (χ1v) is 10.1. The van der Waals surface area contributed by atoms with Crippen molar-refractivity contribution in [3.05, 3.63) is 83.7 Å². The third-order valence-electron chi connectivity index (χ3n) is 4.62. The molecule has 1 atom stereocenters. The number of halogens is 3. The van der Waals surface area contributed by atoms with Crippen LogP contribution in [-0.4, -0.2) is 30.8 Å². The van der Waals surface area contributed by atoms with Gasteiger partial charge in [-0.2, -0.15) is 13.2 Å². The minimum Gasteiger partial charge on any atom is -0.493 e. The molecule has 6 nitrogen and oxygen atoms in total. The van der Waals surface area contributed by atoms with E-state index in [1.54, 1.807) is 25.1 Å². The van der Waals surface area contributed by atoms with Gasteiger partial charge in [-0.25, -0.2) is 0 Å². The molecule has 1 aromatic heterocycles. The fourth-order valence-electron chi connectivity index (χ4n) is 2.92. The second kappa shape index (κ2) is 10.7. The van der Waals surface area contributed by atoms with Gasteiger partial charge in [0.2, 0.25) is 0 Å². The zero-order valence-corrected chi connectivity index (χ0v) is 18.1.